The molecule has 0 radical (unpaired) electrons. The second-order valence-corrected chi connectivity index (χ2v) is 6.23. The van der Waals surface area contributed by atoms with E-state index in [4.69, 9.17) is 9.88 Å². The maximum absolute atomic E-state index is 11.3. The van der Waals surface area contributed by atoms with Gasteiger partial charge in [0.1, 0.15) is 0 Å². The lowest BCUT2D eigenvalue weighted by molar-refractivity contribution is 0.0537. The van der Waals surface area contributed by atoms with E-state index in [1.54, 1.807) is 12.1 Å². The van der Waals surface area contributed by atoms with Crippen molar-refractivity contribution in [3.05, 3.63) is 24.3 Å². The fraction of sp³-hybridized carbons (Fsp3) is 0.500. The van der Waals surface area contributed by atoms with Crippen molar-refractivity contribution in [3.8, 4) is 0 Å². The Labute approximate surface area is 107 Å². The van der Waals surface area contributed by atoms with E-state index in [9.17, 15) is 8.42 Å². The predicted octanol–water partition coefficient (Wildman–Crippen LogP) is 1.17. The molecule has 1 fully saturated rings. The van der Waals surface area contributed by atoms with Crippen molar-refractivity contribution in [1.29, 1.82) is 0 Å². The van der Waals surface area contributed by atoms with Crippen LogP contribution in [0, 0.1) is 5.92 Å². The van der Waals surface area contributed by atoms with Crippen molar-refractivity contribution in [2.24, 2.45) is 11.1 Å². The van der Waals surface area contributed by atoms with Gasteiger partial charge in [0, 0.05) is 18.3 Å². The van der Waals surface area contributed by atoms with Crippen molar-refractivity contribution < 1.29 is 13.2 Å². The summed E-state index contributed by atoms with van der Waals surface area (Å²) in [5, 5.41) is 8.45. The summed E-state index contributed by atoms with van der Waals surface area (Å²) in [5.74, 6) is 0.400. The van der Waals surface area contributed by atoms with Gasteiger partial charge >= 0.3 is 0 Å². The number of benzene rings is 1. The lowest BCUT2D eigenvalue weighted by atomic mass is 9.97. The number of rotatable bonds is 3. The van der Waals surface area contributed by atoms with Crippen LogP contribution in [-0.2, 0) is 14.8 Å². The SMILES string of the molecule is CC1COCCC1Nc1cccc(S(N)(=O)=O)c1. The van der Waals surface area contributed by atoms with Gasteiger partial charge in [-0.15, -0.1) is 0 Å². The topological polar surface area (TPSA) is 81.4 Å². The van der Waals surface area contributed by atoms with Gasteiger partial charge < -0.3 is 10.1 Å². The van der Waals surface area contributed by atoms with Crippen LogP contribution in [0.1, 0.15) is 13.3 Å². The van der Waals surface area contributed by atoms with Gasteiger partial charge in [0.2, 0.25) is 10.0 Å². The largest absolute Gasteiger partial charge is 0.382 e. The van der Waals surface area contributed by atoms with E-state index in [1.165, 1.54) is 6.07 Å². The van der Waals surface area contributed by atoms with Crippen LogP contribution in [0.3, 0.4) is 0 Å². The van der Waals surface area contributed by atoms with Crippen LogP contribution < -0.4 is 10.5 Å². The summed E-state index contributed by atoms with van der Waals surface area (Å²) in [6, 6.07) is 6.89. The minimum Gasteiger partial charge on any atom is -0.382 e. The third kappa shape index (κ3) is 3.22. The summed E-state index contributed by atoms with van der Waals surface area (Å²) in [5.41, 5.74) is 0.778. The van der Waals surface area contributed by atoms with Crippen LogP contribution in [-0.4, -0.2) is 27.7 Å². The van der Waals surface area contributed by atoms with Crippen molar-refractivity contribution in [1.82, 2.24) is 0 Å². The number of hydrogen-bond acceptors (Lipinski definition) is 4. The molecule has 0 spiro atoms. The summed E-state index contributed by atoms with van der Waals surface area (Å²) in [7, 11) is -3.64. The molecule has 2 atom stereocenters. The quantitative estimate of drug-likeness (QED) is 0.864. The van der Waals surface area contributed by atoms with Crippen LogP contribution >= 0.6 is 0 Å². The smallest absolute Gasteiger partial charge is 0.238 e. The molecule has 3 N–H and O–H groups in total. The minimum atomic E-state index is -3.64. The van der Waals surface area contributed by atoms with Crippen molar-refractivity contribution in [2.75, 3.05) is 18.5 Å². The van der Waals surface area contributed by atoms with Gasteiger partial charge in [0.05, 0.1) is 11.5 Å². The Kier molecular flexibility index (Phi) is 3.89. The molecule has 18 heavy (non-hydrogen) atoms. The number of nitrogens with one attached hydrogen (secondary N) is 1. The minimum absolute atomic E-state index is 0.132. The maximum Gasteiger partial charge on any atom is 0.238 e. The molecule has 0 bridgehead atoms. The first-order chi connectivity index (χ1) is 8.47. The molecule has 1 aliphatic rings. The zero-order valence-electron chi connectivity index (χ0n) is 10.3. The standard InChI is InChI=1S/C12H18N2O3S/c1-9-8-17-6-5-12(9)14-10-3-2-4-11(7-10)18(13,15)16/h2-4,7,9,12,14H,5-6,8H2,1H3,(H2,13,15,16). The van der Waals surface area contributed by atoms with E-state index in [0.29, 0.717) is 12.0 Å². The first-order valence-electron chi connectivity index (χ1n) is 5.94. The first kappa shape index (κ1) is 13.3. The number of ether oxygens (including phenoxy) is 1. The van der Waals surface area contributed by atoms with E-state index >= 15 is 0 Å². The summed E-state index contributed by atoms with van der Waals surface area (Å²) < 4.78 is 27.9. The number of nitrogens with two attached hydrogens (primary N) is 1. The number of primary sulfonamides is 1. The molecule has 1 aliphatic heterocycles. The lowest BCUT2D eigenvalue weighted by Gasteiger charge is -2.30. The molecule has 0 amide bonds. The molecule has 1 saturated heterocycles. The van der Waals surface area contributed by atoms with Gasteiger partial charge in [-0.2, -0.15) is 0 Å². The maximum atomic E-state index is 11.3. The Balaban J connectivity index is 2.14. The lowest BCUT2D eigenvalue weighted by Crippen LogP contribution is -2.35. The average Bonchev–Trinajstić information content (AvgIpc) is 2.31. The van der Waals surface area contributed by atoms with Crippen LogP contribution in [0.15, 0.2) is 29.2 Å². The van der Waals surface area contributed by atoms with E-state index in [2.05, 4.69) is 12.2 Å². The second-order valence-electron chi connectivity index (χ2n) is 4.66. The Bertz CT molecular complexity index is 516. The van der Waals surface area contributed by atoms with Crippen LogP contribution in [0.4, 0.5) is 5.69 Å². The Hall–Kier alpha value is -1.11. The Morgan fingerprint density at radius 2 is 2.22 bits per heavy atom. The third-order valence-electron chi connectivity index (χ3n) is 3.16. The van der Waals surface area contributed by atoms with E-state index in [-0.39, 0.29) is 4.90 Å². The van der Waals surface area contributed by atoms with Gasteiger partial charge in [-0.05, 0) is 30.5 Å². The Morgan fingerprint density at radius 1 is 1.44 bits per heavy atom. The normalized spacial score (nSPS) is 24.8. The van der Waals surface area contributed by atoms with E-state index in [1.807, 2.05) is 6.07 Å². The van der Waals surface area contributed by atoms with Gasteiger partial charge in [-0.1, -0.05) is 13.0 Å². The van der Waals surface area contributed by atoms with Crippen molar-refractivity contribution >= 4 is 15.7 Å². The number of anilines is 1. The van der Waals surface area contributed by atoms with Gasteiger partial charge in [0.15, 0.2) is 0 Å². The highest BCUT2D eigenvalue weighted by Gasteiger charge is 2.21. The van der Waals surface area contributed by atoms with Gasteiger partial charge in [-0.25, -0.2) is 13.6 Å². The average molecular weight is 270 g/mol. The molecular weight excluding hydrogens is 252 g/mol. The molecule has 0 saturated carbocycles. The van der Waals surface area contributed by atoms with Crippen LogP contribution in [0.25, 0.3) is 0 Å². The molecule has 0 aliphatic carbocycles. The summed E-state index contributed by atoms with van der Waals surface area (Å²) in [6.07, 6.45) is 0.917. The highest BCUT2D eigenvalue weighted by molar-refractivity contribution is 7.89. The third-order valence-corrected chi connectivity index (χ3v) is 4.07. The molecule has 1 aromatic rings. The number of hydrogen-bond donors (Lipinski definition) is 2. The van der Waals surface area contributed by atoms with E-state index in [0.717, 1.165) is 25.3 Å². The fourth-order valence-electron chi connectivity index (χ4n) is 2.07. The van der Waals surface area contributed by atoms with E-state index < -0.39 is 10.0 Å². The molecule has 1 aromatic carbocycles. The van der Waals surface area contributed by atoms with Crippen LogP contribution in [0.5, 0.6) is 0 Å². The Morgan fingerprint density at radius 3 is 2.89 bits per heavy atom. The molecule has 6 heteroatoms. The molecular formula is C12H18N2O3S. The first-order valence-corrected chi connectivity index (χ1v) is 7.48. The second kappa shape index (κ2) is 5.26. The summed E-state index contributed by atoms with van der Waals surface area (Å²) in [6.45, 7) is 3.57. The summed E-state index contributed by atoms with van der Waals surface area (Å²) >= 11 is 0. The number of sulfonamides is 1. The zero-order valence-corrected chi connectivity index (χ0v) is 11.1. The van der Waals surface area contributed by atoms with Gasteiger partial charge in [-0.3, -0.25) is 0 Å². The molecule has 100 valence electrons. The zero-order chi connectivity index (χ0) is 13.2. The molecule has 0 aromatic heterocycles. The van der Waals surface area contributed by atoms with Crippen molar-refractivity contribution in [3.63, 3.8) is 0 Å². The molecule has 1 heterocycles. The molecule has 2 rings (SSSR count). The predicted molar refractivity (Wildman–Crippen MR) is 69.8 cm³/mol. The molecule has 2 unspecified atom stereocenters. The highest BCUT2D eigenvalue weighted by atomic mass is 32.2. The van der Waals surface area contributed by atoms with Crippen LogP contribution in [0.2, 0.25) is 0 Å². The van der Waals surface area contributed by atoms with Gasteiger partial charge in [0.25, 0.3) is 0 Å². The molecule has 5 nitrogen and oxygen atoms in total. The summed E-state index contributed by atoms with van der Waals surface area (Å²) in [4.78, 5) is 0.132. The highest BCUT2D eigenvalue weighted by Crippen LogP contribution is 2.21. The monoisotopic (exact) mass is 270 g/mol. The fourth-order valence-corrected chi connectivity index (χ4v) is 2.63. The van der Waals surface area contributed by atoms with Crippen molar-refractivity contribution in [2.45, 2.75) is 24.3 Å².